The summed E-state index contributed by atoms with van der Waals surface area (Å²) in [5.74, 6) is -1.70. The first-order valence-electron chi connectivity index (χ1n) is 13.9. The molecular weight excluding hydrogens is 599 g/mol. The molecule has 1 amide bonds. The molecule has 1 N–H and O–H groups in total. The van der Waals surface area contributed by atoms with E-state index in [2.05, 4.69) is 0 Å². The predicted octanol–water partition coefficient (Wildman–Crippen LogP) is 6.26. The van der Waals surface area contributed by atoms with Gasteiger partial charge in [-0.2, -0.15) is 0 Å². The monoisotopic (exact) mass is 630 g/mol. The lowest BCUT2D eigenvalue weighted by atomic mass is 9.89. The van der Waals surface area contributed by atoms with Crippen molar-refractivity contribution in [1.82, 2.24) is 4.90 Å². The zero-order valence-electron chi connectivity index (χ0n) is 23.0. The van der Waals surface area contributed by atoms with Gasteiger partial charge in [0.05, 0.1) is 36.0 Å². The zero-order valence-corrected chi connectivity index (χ0v) is 25.3. The number of carboxylic acid groups (broad SMARTS) is 1. The summed E-state index contributed by atoms with van der Waals surface area (Å²) in [5, 5.41) is 10.2. The van der Waals surface area contributed by atoms with Crippen molar-refractivity contribution in [2.45, 2.75) is 62.1 Å². The highest BCUT2D eigenvalue weighted by atomic mass is 35.5. The molecule has 1 saturated heterocycles. The number of sulfonamides is 1. The SMILES string of the molecule is CC[C@@H](CN(c1ccccc1)S(=O)(=O)C1CC1)N1C(=O)[C@H](CC(=O)O)O[C@H](c2cccc(Cl)c2)[C@@H]1c1ccc(Cl)cc1. The minimum atomic E-state index is -3.70. The normalized spacial score (nSPS) is 21.6. The van der Waals surface area contributed by atoms with Crippen molar-refractivity contribution < 1.29 is 27.9 Å². The van der Waals surface area contributed by atoms with Gasteiger partial charge < -0.3 is 14.7 Å². The second-order valence-corrected chi connectivity index (χ2v) is 13.6. The van der Waals surface area contributed by atoms with E-state index in [0.717, 1.165) is 0 Å². The molecule has 1 saturated carbocycles. The molecule has 2 fully saturated rings. The Morgan fingerprint density at radius 3 is 2.29 bits per heavy atom. The van der Waals surface area contributed by atoms with Crippen molar-refractivity contribution in [3.63, 3.8) is 0 Å². The summed E-state index contributed by atoms with van der Waals surface area (Å²) < 4.78 is 35.1. The van der Waals surface area contributed by atoms with Gasteiger partial charge in [0.25, 0.3) is 5.91 Å². The van der Waals surface area contributed by atoms with E-state index in [9.17, 15) is 23.1 Å². The number of rotatable bonds is 11. The van der Waals surface area contributed by atoms with E-state index in [0.29, 0.717) is 46.1 Å². The molecule has 11 heteroatoms. The molecule has 42 heavy (non-hydrogen) atoms. The minimum absolute atomic E-state index is 0.00274. The summed E-state index contributed by atoms with van der Waals surface area (Å²) in [7, 11) is -3.70. The van der Waals surface area contributed by atoms with E-state index < -0.39 is 57.9 Å². The molecule has 3 aromatic rings. The van der Waals surface area contributed by atoms with Gasteiger partial charge in [0.2, 0.25) is 10.0 Å². The average Bonchev–Trinajstić information content (AvgIpc) is 3.82. The van der Waals surface area contributed by atoms with Gasteiger partial charge in [0, 0.05) is 10.0 Å². The van der Waals surface area contributed by atoms with Crippen LogP contribution in [-0.2, 0) is 24.3 Å². The lowest BCUT2D eigenvalue weighted by Gasteiger charge is -2.48. The Balaban J connectivity index is 1.64. The van der Waals surface area contributed by atoms with E-state index in [-0.39, 0.29) is 6.54 Å². The molecule has 0 bridgehead atoms. The fourth-order valence-electron chi connectivity index (χ4n) is 5.50. The molecule has 3 aromatic carbocycles. The van der Waals surface area contributed by atoms with Gasteiger partial charge in [-0.1, -0.05) is 72.6 Å². The minimum Gasteiger partial charge on any atom is -0.481 e. The van der Waals surface area contributed by atoms with E-state index >= 15 is 0 Å². The van der Waals surface area contributed by atoms with Crippen molar-refractivity contribution in [2.24, 2.45) is 0 Å². The number of carbonyl (C=O) groups excluding carboxylic acids is 1. The largest absolute Gasteiger partial charge is 0.481 e. The second kappa shape index (κ2) is 12.6. The highest BCUT2D eigenvalue weighted by molar-refractivity contribution is 7.93. The number of nitrogens with zero attached hydrogens (tertiary/aromatic N) is 2. The molecule has 0 radical (unpaired) electrons. The Kier molecular flexibility index (Phi) is 9.13. The quantitative estimate of drug-likeness (QED) is 0.268. The third-order valence-corrected chi connectivity index (χ3v) is 10.5. The van der Waals surface area contributed by atoms with Gasteiger partial charge in [-0.25, -0.2) is 8.42 Å². The van der Waals surface area contributed by atoms with Gasteiger partial charge in [-0.3, -0.25) is 13.9 Å². The molecule has 0 spiro atoms. The number of ether oxygens (including phenoxy) is 1. The number of morpholine rings is 1. The Hall–Kier alpha value is -3.11. The van der Waals surface area contributed by atoms with Crippen LogP contribution in [-0.4, -0.2) is 54.2 Å². The van der Waals surface area contributed by atoms with Gasteiger partial charge in [-0.15, -0.1) is 0 Å². The number of hydrogen-bond donors (Lipinski definition) is 1. The summed E-state index contributed by atoms with van der Waals surface area (Å²) in [6.45, 7) is 1.89. The van der Waals surface area contributed by atoms with Crippen LogP contribution in [0, 0.1) is 0 Å². The van der Waals surface area contributed by atoms with Gasteiger partial charge in [0.1, 0.15) is 12.2 Å². The summed E-state index contributed by atoms with van der Waals surface area (Å²) >= 11 is 12.6. The molecule has 2 aliphatic rings. The van der Waals surface area contributed by atoms with Crippen LogP contribution >= 0.6 is 23.2 Å². The molecule has 1 heterocycles. The Labute approximate surface area is 255 Å². The maximum Gasteiger partial charge on any atom is 0.306 e. The fraction of sp³-hybridized carbons (Fsp3) is 0.355. The van der Waals surface area contributed by atoms with E-state index in [4.69, 9.17) is 27.9 Å². The van der Waals surface area contributed by atoms with Crippen molar-refractivity contribution in [3.05, 3.63) is 100 Å². The van der Waals surface area contributed by atoms with Crippen LogP contribution in [0.5, 0.6) is 0 Å². The zero-order chi connectivity index (χ0) is 30.0. The van der Waals surface area contributed by atoms with Crippen LogP contribution < -0.4 is 4.31 Å². The lowest BCUT2D eigenvalue weighted by molar-refractivity contribution is -0.183. The van der Waals surface area contributed by atoms with Crippen LogP contribution in [0.4, 0.5) is 5.69 Å². The first kappa shape index (κ1) is 30.4. The third-order valence-electron chi connectivity index (χ3n) is 7.71. The molecule has 1 aliphatic heterocycles. The van der Waals surface area contributed by atoms with Gasteiger partial charge >= 0.3 is 5.97 Å². The van der Waals surface area contributed by atoms with Crippen molar-refractivity contribution in [2.75, 3.05) is 10.8 Å². The summed E-state index contributed by atoms with van der Waals surface area (Å²) in [5.41, 5.74) is 1.89. The van der Waals surface area contributed by atoms with Crippen molar-refractivity contribution >= 4 is 50.8 Å². The summed E-state index contributed by atoms with van der Waals surface area (Å²) in [6.07, 6.45) is -1.03. The topological polar surface area (TPSA) is 104 Å². The van der Waals surface area contributed by atoms with Crippen LogP contribution in [0.15, 0.2) is 78.9 Å². The third kappa shape index (κ3) is 6.44. The molecule has 222 valence electrons. The standard InChI is InChI=1S/C31H32Cl2N2O6S/c1-2-24(19-34(25-9-4-3-5-10-25)42(39,40)26-15-16-26)35-29(20-11-13-22(32)14-12-20)30(21-7-6-8-23(33)17-21)41-27(31(35)38)18-28(36)37/h3-14,17,24,26-27,29-30H,2,15-16,18-19H2,1H3,(H,36,37)/t24-,27-,29-,30+/m0/s1. The highest BCUT2D eigenvalue weighted by Crippen LogP contribution is 2.45. The average molecular weight is 632 g/mol. The molecule has 0 aromatic heterocycles. The Morgan fingerprint density at radius 1 is 1.00 bits per heavy atom. The fourth-order valence-corrected chi connectivity index (χ4v) is 7.71. The number of carbonyl (C=O) groups is 2. The maximum atomic E-state index is 14.2. The smallest absolute Gasteiger partial charge is 0.306 e. The molecule has 1 aliphatic carbocycles. The van der Waals surface area contributed by atoms with Gasteiger partial charge in [0.15, 0.2) is 0 Å². The van der Waals surface area contributed by atoms with Crippen molar-refractivity contribution in [3.8, 4) is 0 Å². The van der Waals surface area contributed by atoms with Crippen LogP contribution in [0.2, 0.25) is 10.0 Å². The number of halogens is 2. The second-order valence-electron chi connectivity index (χ2n) is 10.6. The number of hydrogen-bond acceptors (Lipinski definition) is 5. The number of anilines is 1. The maximum absolute atomic E-state index is 14.2. The molecule has 4 atom stereocenters. The molecule has 0 unspecified atom stereocenters. The number of amides is 1. The Bertz CT molecular complexity index is 1530. The highest BCUT2D eigenvalue weighted by Gasteiger charge is 2.49. The van der Waals surface area contributed by atoms with Crippen LogP contribution in [0.1, 0.15) is 55.9 Å². The van der Waals surface area contributed by atoms with Gasteiger partial charge in [-0.05, 0) is 66.8 Å². The van der Waals surface area contributed by atoms with Crippen LogP contribution in [0.25, 0.3) is 0 Å². The van der Waals surface area contributed by atoms with E-state index in [1.807, 2.05) is 19.1 Å². The Morgan fingerprint density at radius 2 is 1.69 bits per heavy atom. The summed E-state index contributed by atoms with van der Waals surface area (Å²) in [4.78, 5) is 27.7. The molecular formula is C31H32Cl2N2O6S. The van der Waals surface area contributed by atoms with Crippen molar-refractivity contribution in [1.29, 1.82) is 0 Å². The molecule has 5 rings (SSSR count). The predicted molar refractivity (Wildman–Crippen MR) is 162 cm³/mol. The molecule has 8 nitrogen and oxygen atoms in total. The first-order valence-corrected chi connectivity index (χ1v) is 16.1. The number of aliphatic carboxylic acids is 1. The number of para-hydroxylation sites is 1. The lowest BCUT2D eigenvalue weighted by Crippen LogP contribution is -2.58. The van der Waals surface area contributed by atoms with E-state index in [1.165, 1.54) is 4.31 Å². The number of carboxylic acids is 1. The van der Waals surface area contributed by atoms with Crippen LogP contribution in [0.3, 0.4) is 0 Å². The summed E-state index contributed by atoms with van der Waals surface area (Å²) in [6, 6.07) is 21.6. The van der Waals surface area contributed by atoms with E-state index in [1.54, 1.807) is 71.6 Å². The first-order chi connectivity index (χ1) is 20.1. The number of benzene rings is 3.